The maximum atomic E-state index is 6.18. The number of hydrogen-bond acceptors (Lipinski definition) is 2. The highest BCUT2D eigenvalue weighted by molar-refractivity contribution is 9.10. The summed E-state index contributed by atoms with van der Waals surface area (Å²) in [7, 11) is 0. The van der Waals surface area contributed by atoms with Gasteiger partial charge in [0.1, 0.15) is 5.82 Å². The zero-order valence-electron chi connectivity index (χ0n) is 10.8. The molecule has 1 aromatic carbocycles. The van der Waals surface area contributed by atoms with Crippen molar-refractivity contribution in [3.05, 3.63) is 51.5 Å². The molecule has 3 nitrogen and oxygen atoms in total. The minimum Gasteiger partial charge on any atom is -0.349 e. The van der Waals surface area contributed by atoms with Gasteiger partial charge in [-0.05, 0) is 46.6 Å². The lowest BCUT2D eigenvalue weighted by Crippen LogP contribution is -2.24. The normalized spacial score (nSPS) is 12.6. The minimum atomic E-state index is 0.219. The Bertz CT molecular complexity index is 513. The lowest BCUT2D eigenvalue weighted by atomic mass is 10.0. The van der Waals surface area contributed by atoms with E-state index in [1.54, 1.807) is 6.20 Å². The summed E-state index contributed by atoms with van der Waals surface area (Å²) in [6.45, 7) is 3.13. The second-order valence-electron chi connectivity index (χ2n) is 4.42. The first kappa shape index (κ1) is 14.6. The molecule has 0 radical (unpaired) electrons. The average Bonchev–Trinajstić information content (AvgIpc) is 2.91. The molecule has 0 fully saturated rings. The topological polar surface area (TPSA) is 40.7 Å². The van der Waals surface area contributed by atoms with Crippen LogP contribution in [-0.4, -0.2) is 16.5 Å². The van der Waals surface area contributed by atoms with Gasteiger partial charge in [0.2, 0.25) is 0 Å². The summed E-state index contributed by atoms with van der Waals surface area (Å²) in [5.41, 5.74) is 1.18. The lowest BCUT2D eigenvalue weighted by molar-refractivity contribution is 0.520. The third kappa shape index (κ3) is 4.06. The van der Waals surface area contributed by atoms with Gasteiger partial charge in [0.05, 0.1) is 5.02 Å². The van der Waals surface area contributed by atoms with Crippen LogP contribution < -0.4 is 5.32 Å². The molecule has 1 heterocycles. The average molecular weight is 343 g/mol. The molecule has 102 valence electrons. The first-order valence-electron chi connectivity index (χ1n) is 6.37. The molecule has 0 aliphatic carbocycles. The molecule has 0 aliphatic heterocycles. The summed E-state index contributed by atoms with van der Waals surface area (Å²) in [5.74, 6) is 0.979. The number of aromatic amines is 1. The summed E-state index contributed by atoms with van der Waals surface area (Å²) in [6, 6.07) is 6.30. The number of rotatable bonds is 6. The van der Waals surface area contributed by atoms with Crippen LogP contribution in [-0.2, 0) is 6.42 Å². The van der Waals surface area contributed by atoms with Crippen molar-refractivity contribution in [2.45, 2.75) is 25.8 Å². The molecule has 2 aromatic rings. The number of H-pyrrole nitrogens is 1. The van der Waals surface area contributed by atoms with E-state index >= 15 is 0 Å². The van der Waals surface area contributed by atoms with Gasteiger partial charge < -0.3 is 10.3 Å². The number of hydrogen-bond donors (Lipinski definition) is 2. The maximum absolute atomic E-state index is 6.18. The van der Waals surface area contributed by atoms with Gasteiger partial charge in [-0.3, -0.25) is 0 Å². The Kier molecular flexibility index (Phi) is 5.43. The molecule has 1 aromatic heterocycles. The summed E-state index contributed by atoms with van der Waals surface area (Å²) >= 11 is 9.60. The van der Waals surface area contributed by atoms with Gasteiger partial charge in [0.25, 0.3) is 0 Å². The summed E-state index contributed by atoms with van der Waals surface area (Å²) in [5, 5.41) is 4.27. The van der Waals surface area contributed by atoms with Crippen molar-refractivity contribution in [1.82, 2.24) is 15.3 Å². The van der Waals surface area contributed by atoms with Crippen molar-refractivity contribution in [2.75, 3.05) is 6.54 Å². The quantitative estimate of drug-likeness (QED) is 0.829. The van der Waals surface area contributed by atoms with Crippen molar-refractivity contribution in [1.29, 1.82) is 0 Å². The Morgan fingerprint density at radius 1 is 1.47 bits per heavy atom. The predicted octanol–water partition coefficient (Wildman–Crippen LogP) is 4.11. The van der Waals surface area contributed by atoms with Crippen LogP contribution in [0.1, 0.15) is 30.8 Å². The molecule has 0 aliphatic rings. The molecule has 19 heavy (non-hydrogen) atoms. The van der Waals surface area contributed by atoms with E-state index in [0.717, 1.165) is 34.7 Å². The number of nitrogens with one attached hydrogen (secondary N) is 2. The molecule has 0 saturated heterocycles. The summed E-state index contributed by atoms with van der Waals surface area (Å²) in [4.78, 5) is 7.44. The Morgan fingerprint density at radius 2 is 2.32 bits per heavy atom. The van der Waals surface area contributed by atoms with Crippen molar-refractivity contribution in [3.8, 4) is 0 Å². The van der Waals surface area contributed by atoms with E-state index in [-0.39, 0.29) is 6.04 Å². The summed E-state index contributed by atoms with van der Waals surface area (Å²) in [6.07, 6.45) is 5.55. The number of imidazole rings is 1. The molecule has 2 rings (SSSR count). The first-order valence-corrected chi connectivity index (χ1v) is 7.54. The third-order valence-electron chi connectivity index (χ3n) is 2.94. The zero-order chi connectivity index (χ0) is 13.7. The fourth-order valence-electron chi connectivity index (χ4n) is 1.96. The van der Waals surface area contributed by atoms with Gasteiger partial charge in [-0.25, -0.2) is 4.98 Å². The van der Waals surface area contributed by atoms with Crippen LogP contribution in [0.3, 0.4) is 0 Å². The van der Waals surface area contributed by atoms with E-state index in [1.165, 1.54) is 5.56 Å². The second-order valence-corrected chi connectivity index (χ2v) is 5.68. The highest BCUT2D eigenvalue weighted by atomic mass is 79.9. The van der Waals surface area contributed by atoms with E-state index in [9.17, 15) is 0 Å². The van der Waals surface area contributed by atoms with Crippen molar-refractivity contribution in [2.24, 2.45) is 0 Å². The number of nitrogens with zero attached hydrogens (tertiary/aromatic N) is 1. The Hall–Kier alpha value is -0.840. The fourth-order valence-corrected chi connectivity index (χ4v) is 2.39. The van der Waals surface area contributed by atoms with Crippen LogP contribution in [0.4, 0.5) is 0 Å². The maximum Gasteiger partial charge on any atom is 0.107 e. The molecule has 0 bridgehead atoms. The number of aromatic nitrogens is 2. The number of benzene rings is 1. The van der Waals surface area contributed by atoms with Gasteiger partial charge in [-0.2, -0.15) is 0 Å². The van der Waals surface area contributed by atoms with Crippen LogP contribution >= 0.6 is 27.5 Å². The third-order valence-corrected chi connectivity index (χ3v) is 4.17. The highest BCUT2D eigenvalue weighted by Gasteiger charge is 2.14. The van der Waals surface area contributed by atoms with Crippen LogP contribution in [0.25, 0.3) is 0 Å². The summed E-state index contributed by atoms with van der Waals surface area (Å²) < 4.78 is 0.921. The van der Waals surface area contributed by atoms with Crippen LogP contribution in [0.5, 0.6) is 0 Å². The van der Waals surface area contributed by atoms with E-state index in [2.05, 4.69) is 44.2 Å². The molecule has 5 heteroatoms. The van der Waals surface area contributed by atoms with Crippen LogP contribution in [0.15, 0.2) is 35.1 Å². The molecular weight excluding hydrogens is 326 g/mol. The van der Waals surface area contributed by atoms with Crippen LogP contribution in [0.2, 0.25) is 5.02 Å². The van der Waals surface area contributed by atoms with Crippen molar-refractivity contribution < 1.29 is 0 Å². The van der Waals surface area contributed by atoms with Gasteiger partial charge in [-0.15, -0.1) is 0 Å². The monoisotopic (exact) mass is 341 g/mol. The van der Waals surface area contributed by atoms with E-state index < -0.39 is 0 Å². The first-order chi connectivity index (χ1) is 9.20. The standard InChI is InChI=1S/C14H17BrClN3/c1-2-5-17-13(9-14-18-6-7-19-14)10-3-4-11(15)12(16)8-10/h3-4,6-8,13,17H,2,5,9H2,1H3,(H,18,19). The van der Waals surface area contributed by atoms with E-state index in [1.807, 2.05) is 18.3 Å². The smallest absolute Gasteiger partial charge is 0.107 e. The molecule has 1 unspecified atom stereocenters. The Labute approximate surface area is 126 Å². The molecule has 2 N–H and O–H groups in total. The lowest BCUT2D eigenvalue weighted by Gasteiger charge is -2.18. The van der Waals surface area contributed by atoms with E-state index in [4.69, 9.17) is 11.6 Å². The zero-order valence-corrected chi connectivity index (χ0v) is 13.1. The predicted molar refractivity (Wildman–Crippen MR) is 82.5 cm³/mol. The largest absolute Gasteiger partial charge is 0.349 e. The molecule has 1 atom stereocenters. The highest BCUT2D eigenvalue weighted by Crippen LogP contribution is 2.27. The Balaban J connectivity index is 2.18. The molecule has 0 spiro atoms. The minimum absolute atomic E-state index is 0.219. The van der Waals surface area contributed by atoms with Crippen LogP contribution in [0, 0.1) is 0 Å². The van der Waals surface area contributed by atoms with Gasteiger partial charge in [-0.1, -0.05) is 24.6 Å². The van der Waals surface area contributed by atoms with Crippen molar-refractivity contribution in [3.63, 3.8) is 0 Å². The molecule has 0 amide bonds. The molecule has 0 saturated carbocycles. The van der Waals surface area contributed by atoms with Gasteiger partial charge in [0.15, 0.2) is 0 Å². The van der Waals surface area contributed by atoms with Crippen molar-refractivity contribution >= 4 is 27.5 Å². The van der Waals surface area contributed by atoms with Gasteiger partial charge in [0, 0.05) is 29.3 Å². The van der Waals surface area contributed by atoms with Gasteiger partial charge >= 0.3 is 0 Å². The molecular formula is C14H17BrClN3. The SMILES string of the molecule is CCCNC(Cc1ncc[nH]1)c1ccc(Br)c(Cl)c1. The number of halogens is 2. The second kappa shape index (κ2) is 7.08. The fraction of sp³-hybridized carbons (Fsp3) is 0.357. The Morgan fingerprint density at radius 3 is 2.95 bits per heavy atom. The van der Waals surface area contributed by atoms with E-state index in [0.29, 0.717) is 0 Å².